The fourth-order valence-corrected chi connectivity index (χ4v) is 2.07. The summed E-state index contributed by atoms with van der Waals surface area (Å²) < 4.78 is 13.1. The van der Waals surface area contributed by atoms with E-state index in [1.807, 2.05) is 31.2 Å². The standard InChI is InChI=1S/C15H15ClFN/c1-10-7-12(3-5-14(10)17)9-18-15-6-4-13(16)8-11(15)2/h3-8,18H,9H2,1-2H3. The summed E-state index contributed by atoms with van der Waals surface area (Å²) in [5.41, 5.74) is 3.87. The maximum Gasteiger partial charge on any atom is 0.126 e. The molecular formula is C15H15ClFN. The van der Waals surface area contributed by atoms with Gasteiger partial charge in [-0.1, -0.05) is 23.7 Å². The first-order valence-electron chi connectivity index (χ1n) is 5.81. The van der Waals surface area contributed by atoms with E-state index in [0.717, 1.165) is 21.8 Å². The average molecular weight is 264 g/mol. The van der Waals surface area contributed by atoms with Crippen molar-refractivity contribution < 1.29 is 4.39 Å². The van der Waals surface area contributed by atoms with Crippen molar-refractivity contribution in [1.82, 2.24) is 0 Å². The van der Waals surface area contributed by atoms with Crippen LogP contribution >= 0.6 is 11.6 Å². The molecule has 0 amide bonds. The highest BCUT2D eigenvalue weighted by Crippen LogP contribution is 2.20. The number of rotatable bonds is 3. The Hall–Kier alpha value is -1.54. The van der Waals surface area contributed by atoms with Crippen LogP contribution in [-0.2, 0) is 6.54 Å². The first-order chi connectivity index (χ1) is 8.56. The molecule has 2 aromatic carbocycles. The van der Waals surface area contributed by atoms with Crippen LogP contribution in [0.5, 0.6) is 0 Å². The maximum atomic E-state index is 13.1. The predicted octanol–water partition coefficient (Wildman–Crippen LogP) is 4.71. The van der Waals surface area contributed by atoms with Gasteiger partial charge in [0, 0.05) is 17.3 Å². The minimum absolute atomic E-state index is 0.165. The normalized spacial score (nSPS) is 10.4. The molecule has 2 aromatic rings. The number of nitrogens with one attached hydrogen (secondary N) is 1. The third-order valence-corrected chi connectivity index (χ3v) is 3.13. The number of halogens is 2. The zero-order valence-electron chi connectivity index (χ0n) is 10.4. The van der Waals surface area contributed by atoms with E-state index in [1.54, 1.807) is 13.0 Å². The zero-order chi connectivity index (χ0) is 13.1. The van der Waals surface area contributed by atoms with Crippen molar-refractivity contribution in [2.24, 2.45) is 0 Å². The second-order valence-electron chi connectivity index (χ2n) is 4.40. The highest BCUT2D eigenvalue weighted by molar-refractivity contribution is 6.30. The van der Waals surface area contributed by atoms with Gasteiger partial charge < -0.3 is 5.32 Å². The van der Waals surface area contributed by atoms with Gasteiger partial charge in [-0.3, -0.25) is 0 Å². The summed E-state index contributed by atoms with van der Waals surface area (Å²) in [7, 11) is 0. The third-order valence-electron chi connectivity index (χ3n) is 2.89. The molecule has 1 nitrogen and oxygen atoms in total. The van der Waals surface area contributed by atoms with Crippen LogP contribution in [0.25, 0.3) is 0 Å². The molecule has 94 valence electrons. The predicted molar refractivity (Wildman–Crippen MR) is 74.7 cm³/mol. The molecule has 1 N–H and O–H groups in total. The van der Waals surface area contributed by atoms with Gasteiger partial charge in [-0.15, -0.1) is 0 Å². The lowest BCUT2D eigenvalue weighted by Gasteiger charge is -2.10. The van der Waals surface area contributed by atoms with Gasteiger partial charge in [0.15, 0.2) is 0 Å². The van der Waals surface area contributed by atoms with Crippen molar-refractivity contribution in [3.8, 4) is 0 Å². The Labute approximate surface area is 112 Å². The molecule has 0 aliphatic carbocycles. The van der Waals surface area contributed by atoms with Gasteiger partial charge in [-0.2, -0.15) is 0 Å². The monoisotopic (exact) mass is 263 g/mol. The summed E-state index contributed by atoms with van der Waals surface area (Å²) in [6, 6.07) is 10.9. The Balaban J connectivity index is 2.09. The molecule has 0 aliphatic rings. The van der Waals surface area contributed by atoms with E-state index in [9.17, 15) is 4.39 Å². The molecule has 18 heavy (non-hydrogen) atoms. The molecule has 0 aliphatic heterocycles. The van der Waals surface area contributed by atoms with Gasteiger partial charge in [-0.25, -0.2) is 4.39 Å². The molecule has 0 atom stereocenters. The van der Waals surface area contributed by atoms with Crippen LogP contribution in [0, 0.1) is 19.7 Å². The van der Waals surface area contributed by atoms with Gasteiger partial charge in [0.2, 0.25) is 0 Å². The first-order valence-corrected chi connectivity index (χ1v) is 6.19. The number of benzene rings is 2. The molecule has 0 radical (unpaired) electrons. The fraction of sp³-hybridized carbons (Fsp3) is 0.200. The Morgan fingerprint density at radius 1 is 1.06 bits per heavy atom. The van der Waals surface area contributed by atoms with Crippen LogP contribution in [0.4, 0.5) is 10.1 Å². The van der Waals surface area contributed by atoms with Crippen LogP contribution in [0.15, 0.2) is 36.4 Å². The second kappa shape index (κ2) is 5.40. The maximum absolute atomic E-state index is 13.1. The number of anilines is 1. The van der Waals surface area contributed by atoms with Crippen LogP contribution in [0.2, 0.25) is 5.02 Å². The van der Waals surface area contributed by atoms with E-state index in [0.29, 0.717) is 12.1 Å². The summed E-state index contributed by atoms with van der Waals surface area (Å²) in [5, 5.41) is 4.05. The van der Waals surface area contributed by atoms with E-state index in [-0.39, 0.29) is 5.82 Å². The van der Waals surface area contributed by atoms with Crippen molar-refractivity contribution >= 4 is 17.3 Å². The van der Waals surface area contributed by atoms with Crippen molar-refractivity contribution in [2.75, 3.05) is 5.32 Å². The number of hydrogen-bond donors (Lipinski definition) is 1. The van der Waals surface area contributed by atoms with Crippen molar-refractivity contribution in [2.45, 2.75) is 20.4 Å². The quantitative estimate of drug-likeness (QED) is 0.846. The van der Waals surface area contributed by atoms with Crippen molar-refractivity contribution in [3.05, 3.63) is 63.9 Å². The Morgan fingerprint density at radius 2 is 1.83 bits per heavy atom. The summed E-state index contributed by atoms with van der Waals surface area (Å²) >= 11 is 5.90. The SMILES string of the molecule is Cc1cc(CNc2ccc(Cl)cc2C)ccc1F. The molecule has 0 saturated carbocycles. The third kappa shape index (κ3) is 3.02. The largest absolute Gasteiger partial charge is 0.381 e. The Bertz CT molecular complexity index is 566. The topological polar surface area (TPSA) is 12.0 Å². The molecule has 0 unspecified atom stereocenters. The second-order valence-corrected chi connectivity index (χ2v) is 4.83. The van der Waals surface area contributed by atoms with E-state index >= 15 is 0 Å². The first kappa shape index (κ1) is 12.9. The average Bonchev–Trinajstić information content (AvgIpc) is 2.32. The van der Waals surface area contributed by atoms with Gasteiger partial charge in [0.1, 0.15) is 5.82 Å². The van der Waals surface area contributed by atoms with Crippen LogP contribution in [0.1, 0.15) is 16.7 Å². The van der Waals surface area contributed by atoms with E-state index in [2.05, 4.69) is 5.32 Å². The lowest BCUT2D eigenvalue weighted by atomic mass is 10.1. The minimum atomic E-state index is -0.165. The molecular weight excluding hydrogens is 249 g/mol. The number of hydrogen-bond acceptors (Lipinski definition) is 1. The Morgan fingerprint density at radius 3 is 2.50 bits per heavy atom. The van der Waals surface area contributed by atoms with Gasteiger partial charge in [0.25, 0.3) is 0 Å². The summed E-state index contributed by atoms with van der Waals surface area (Å²) in [6.45, 7) is 4.44. The van der Waals surface area contributed by atoms with E-state index in [1.165, 1.54) is 6.07 Å². The van der Waals surface area contributed by atoms with E-state index in [4.69, 9.17) is 11.6 Å². The van der Waals surface area contributed by atoms with Crippen molar-refractivity contribution in [3.63, 3.8) is 0 Å². The molecule has 0 fully saturated rings. The lowest BCUT2D eigenvalue weighted by Crippen LogP contribution is -2.01. The molecule has 0 spiro atoms. The van der Waals surface area contributed by atoms with Gasteiger partial charge in [0.05, 0.1) is 0 Å². The zero-order valence-corrected chi connectivity index (χ0v) is 11.2. The molecule has 0 aromatic heterocycles. The van der Waals surface area contributed by atoms with Gasteiger partial charge >= 0.3 is 0 Å². The minimum Gasteiger partial charge on any atom is -0.381 e. The van der Waals surface area contributed by atoms with Crippen LogP contribution in [0.3, 0.4) is 0 Å². The van der Waals surface area contributed by atoms with Gasteiger partial charge in [-0.05, 0) is 54.8 Å². The van der Waals surface area contributed by atoms with Crippen molar-refractivity contribution in [1.29, 1.82) is 0 Å². The molecule has 2 rings (SSSR count). The number of aryl methyl sites for hydroxylation is 2. The molecule has 0 bridgehead atoms. The van der Waals surface area contributed by atoms with Crippen LogP contribution in [-0.4, -0.2) is 0 Å². The summed E-state index contributed by atoms with van der Waals surface area (Å²) in [6.07, 6.45) is 0. The highest BCUT2D eigenvalue weighted by Gasteiger charge is 2.01. The molecule has 3 heteroatoms. The smallest absolute Gasteiger partial charge is 0.126 e. The summed E-state index contributed by atoms with van der Waals surface area (Å²) in [4.78, 5) is 0. The summed E-state index contributed by atoms with van der Waals surface area (Å²) in [5.74, 6) is -0.165. The lowest BCUT2D eigenvalue weighted by molar-refractivity contribution is 0.617. The Kier molecular flexibility index (Phi) is 3.87. The molecule has 0 saturated heterocycles. The highest BCUT2D eigenvalue weighted by atomic mass is 35.5. The molecule has 0 heterocycles. The fourth-order valence-electron chi connectivity index (χ4n) is 1.84. The van der Waals surface area contributed by atoms with Crippen LogP contribution < -0.4 is 5.32 Å². The van der Waals surface area contributed by atoms with E-state index < -0.39 is 0 Å².